The summed E-state index contributed by atoms with van der Waals surface area (Å²) in [5, 5.41) is 22.4. The molecule has 6 nitrogen and oxygen atoms in total. The predicted octanol–water partition coefficient (Wildman–Crippen LogP) is 3.51. The molecule has 0 atom stereocenters. The highest BCUT2D eigenvalue weighted by Gasteiger charge is 2.16. The molecule has 100 valence electrons. The zero-order chi connectivity index (χ0) is 14.7. The number of rotatable bonds is 3. The number of pyridine rings is 1. The first-order valence-corrected chi connectivity index (χ1v) is 6.07. The van der Waals surface area contributed by atoms with Crippen molar-refractivity contribution in [2.45, 2.75) is 0 Å². The second-order valence-corrected chi connectivity index (χ2v) is 4.63. The highest BCUT2D eigenvalue weighted by Crippen LogP contribution is 2.28. The van der Waals surface area contributed by atoms with Gasteiger partial charge in [-0.05, 0) is 34.1 Å². The van der Waals surface area contributed by atoms with Crippen molar-refractivity contribution in [1.29, 1.82) is 5.26 Å². The van der Waals surface area contributed by atoms with Crippen molar-refractivity contribution >= 4 is 33.1 Å². The van der Waals surface area contributed by atoms with Gasteiger partial charge in [0.1, 0.15) is 11.9 Å². The monoisotopic (exact) mass is 336 g/mol. The van der Waals surface area contributed by atoms with Crippen molar-refractivity contribution in [1.82, 2.24) is 4.98 Å². The van der Waals surface area contributed by atoms with Crippen LogP contribution in [-0.2, 0) is 0 Å². The van der Waals surface area contributed by atoms with Crippen LogP contribution in [0.15, 0.2) is 34.9 Å². The predicted molar refractivity (Wildman–Crippen MR) is 73.0 cm³/mol. The summed E-state index contributed by atoms with van der Waals surface area (Å²) in [7, 11) is 0. The van der Waals surface area contributed by atoms with Gasteiger partial charge in [0.25, 0.3) is 0 Å². The van der Waals surface area contributed by atoms with E-state index in [4.69, 9.17) is 5.26 Å². The van der Waals surface area contributed by atoms with Gasteiger partial charge in [0.05, 0.1) is 10.5 Å². The maximum atomic E-state index is 13.2. The largest absolute Gasteiger partial charge is 0.334 e. The minimum absolute atomic E-state index is 0.00805. The van der Waals surface area contributed by atoms with Crippen molar-refractivity contribution < 1.29 is 9.31 Å². The Morgan fingerprint density at radius 1 is 1.45 bits per heavy atom. The van der Waals surface area contributed by atoms with Crippen LogP contribution in [0.2, 0.25) is 0 Å². The van der Waals surface area contributed by atoms with Crippen molar-refractivity contribution in [3.8, 4) is 6.07 Å². The summed E-state index contributed by atoms with van der Waals surface area (Å²) in [4.78, 5) is 14.2. The van der Waals surface area contributed by atoms with Gasteiger partial charge in [-0.3, -0.25) is 10.1 Å². The maximum Gasteiger partial charge on any atom is 0.312 e. The number of aromatic nitrogens is 1. The molecule has 1 aromatic carbocycles. The van der Waals surface area contributed by atoms with Crippen LogP contribution in [0.25, 0.3) is 0 Å². The second kappa shape index (κ2) is 5.63. The molecule has 1 aromatic heterocycles. The molecule has 0 radical (unpaired) electrons. The second-order valence-electron chi connectivity index (χ2n) is 3.71. The van der Waals surface area contributed by atoms with E-state index >= 15 is 0 Å². The Morgan fingerprint density at radius 3 is 2.85 bits per heavy atom. The normalized spacial score (nSPS) is 9.85. The van der Waals surface area contributed by atoms with E-state index in [-0.39, 0.29) is 17.1 Å². The number of nitrogens with one attached hydrogen (secondary N) is 1. The topological polar surface area (TPSA) is 91.8 Å². The van der Waals surface area contributed by atoms with Crippen LogP contribution in [0.3, 0.4) is 0 Å². The van der Waals surface area contributed by atoms with Gasteiger partial charge in [-0.2, -0.15) is 5.26 Å². The highest BCUT2D eigenvalue weighted by atomic mass is 79.9. The Bertz CT molecular complexity index is 730. The average Bonchev–Trinajstić information content (AvgIpc) is 2.42. The van der Waals surface area contributed by atoms with Gasteiger partial charge in [-0.15, -0.1) is 0 Å². The van der Waals surface area contributed by atoms with Crippen molar-refractivity contribution in [3.63, 3.8) is 0 Å². The fourth-order valence-electron chi connectivity index (χ4n) is 1.49. The number of anilines is 2. The molecule has 1 heterocycles. The molecule has 0 bridgehead atoms. The molecular weight excluding hydrogens is 331 g/mol. The third-order valence-electron chi connectivity index (χ3n) is 2.38. The number of nitro groups is 1. The molecule has 0 saturated heterocycles. The van der Waals surface area contributed by atoms with Crippen molar-refractivity contribution in [3.05, 3.63) is 56.4 Å². The van der Waals surface area contributed by atoms with Gasteiger partial charge >= 0.3 is 5.69 Å². The molecular formula is C12H6BrFN4O2. The van der Waals surface area contributed by atoms with E-state index in [9.17, 15) is 14.5 Å². The van der Waals surface area contributed by atoms with Crippen LogP contribution in [-0.4, -0.2) is 9.91 Å². The first-order chi connectivity index (χ1) is 9.51. The lowest BCUT2D eigenvalue weighted by Crippen LogP contribution is -2.00. The average molecular weight is 337 g/mol. The van der Waals surface area contributed by atoms with Gasteiger partial charge < -0.3 is 5.32 Å². The number of nitriles is 1. The van der Waals surface area contributed by atoms with E-state index in [1.807, 2.05) is 0 Å². The van der Waals surface area contributed by atoms with E-state index < -0.39 is 10.7 Å². The number of benzene rings is 1. The summed E-state index contributed by atoms with van der Waals surface area (Å²) in [5.74, 6) is -0.648. The summed E-state index contributed by atoms with van der Waals surface area (Å²) in [6.45, 7) is 0. The van der Waals surface area contributed by atoms with Crippen LogP contribution in [0.1, 0.15) is 5.56 Å². The van der Waals surface area contributed by atoms with Crippen LogP contribution >= 0.6 is 15.9 Å². The Labute approximate surface area is 121 Å². The molecule has 2 aromatic rings. The molecule has 0 aliphatic carbocycles. The minimum atomic E-state index is -0.656. The van der Waals surface area contributed by atoms with Gasteiger partial charge in [0, 0.05) is 22.4 Å². The number of nitrogens with zero attached hydrogens (tertiary/aromatic N) is 3. The first kappa shape index (κ1) is 13.9. The zero-order valence-electron chi connectivity index (χ0n) is 9.80. The molecule has 0 spiro atoms. The molecule has 0 amide bonds. The summed E-state index contributed by atoms with van der Waals surface area (Å²) in [6, 6.07) is 6.71. The third-order valence-corrected chi connectivity index (χ3v) is 2.81. The molecule has 0 saturated carbocycles. The molecule has 1 N–H and O–H groups in total. The van der Waals surface area contributed by atoms with Gasteiger partial charge in [0.2, 0.25) is 5.82 Å². The maximum absolute atomic E-state index is 13.2. The number of halogens is 2. The lowest BCUT2D eigenvalue weighted by molar-refractivity contribution is -0.384. The molecule has 8 heteroatoms. The zero-order valence-corrected chi connectivity index (χ0v) is 11.4. The van der Waals surface area contributed by atoms with E-state index in [1.54, 1.807) is 6.07 Å². The van der Waals surface area contributed by atoms with Crippen LogP contribution in [0.4, 0.5) is 21.6 Å². The first-order valence-electron chi connectivity index (χ1n) is 5.28. The van der Waals surface area contributed by atoms with E-state index in [0.717, 1.165) is 6.07 Å². The molecule has 20 heavy (non-hydrogen) atoms. The summed E-state index contributed by atoms with van der Waals surface area (Å²) in [5.41, 5.74) is -0.0576. The van der Waals surface area contributed by atoms with Crippen molar-refractivity contribution in [2.24, 2.45) is 0 Å². The Morgan fingerprint density at radius 2 is 2.20 bits per heavy atom. The number of hydrogen-bond donors (Lipinski definition) is 1. The van der Waals surface area contributed by atoms with Crippen LogP contribution in [0, 0.1) is 27.3 Å². The minimum Gasteiger partial charge on any atom is -0.334 e. The fourth-order valence-corrected chi connectivity index (χ4v) is 1.81. The molecule has 0 aliphatic heterocycles. The van der Waals surface area contributed by atoms with Crippen molar-refractivity contribution in [2.75, 3.05) is 5.32 Å². The lowest BCUT2D eigenvalue weighted by Gasteiger charge is -2.07. The molecule has 0 unspecified atom stereocenters. The Kier molecular flexibility index (Phi) is 3.91. The van der Waals surface area contributed by atoms with Crippen LogP contribution < -0.4 is 5.32 Å². The van der Waals surface area contributed by atoms with Gasteiger partial charge in [0.15, 0.2) is 0 Å². The SMILES string of the molecule is N#Cc1cc(Nc2ncc(Br)cc2[N+](=O)[O-])ccc1F. The molecule has 0 fully saturated rings. The smallest absolute Gasteiger partial charge is 0.312 e. The summed E-state index contributed by atoms with van der Waals surface area (Å²) >= 11 is 3.10. The van der Waals surface area contributed by atoms with E-state index in [0.29, 0.717) is 10.2 Å². The summed E-state index contributed by atoms with van der Waals surface area (Å²) in [6.07, 6.45) is 1.39. The Hall–Kier alpha value is -2.53. The fraction of sp³-hybridized carbons (Fsp3) is 0. The molecule has 0 aliphatic rings. The van der Waals surface area contributed by atoms with Crippen LogP contribution in [0.5, 0.6) is 0 Å². The molecule has 2 rings (SSSR count). The summed E-state index contributed by atoms with van der Waals surface area (Å²) < 4.78 is 13.7. The van der Waals surface area contributed by atoms with E-state index in [1.165, 1.54) is 24.4 Å². The lowest BCUT2D eigenvalue weighted by atomic mass is 10.2. The number of hydrogen-bond acceptors (Lipinski definition) is 5. The third kappa shape index (κ3) is 2.89. The van der Waals surface area contributed by atoms with Gasteiger partial charge in [-0.25, -0.2) is 9.37 Å². The quantitative estimate of drug-likeness (QED) is 0.683. The highest BCUT2D eigenvalue weighted by molar-refractivity contribution is 9.10. The standard InChI is InChI=1S/C12H6BrFN4O2/c13-8-4-11(18(19)20)12(16-6-8)17-9-1-2-10(14)7(3-9)5-15/h1-4,6H,(H,16,17). The Balaban J connectivity index is 2.40. The van der Waals surface area contributed by atoms with Gasteiger partial charge in [-0.1, -0.05) is 0 Å². The van der Waals surface area contributed by atoms with E-state index in [2.05, 4.69) is 26.2 Å².